The number of hydrogen-bond donors (Lipinski definition) is 0. The summed E-state index contributed by atoms with van der Waals surface area (Å²) < 4.78 is 28.1. The normalized spacial score (nSPS) is 17.2. The number of thiazole rings is 1. The fraction of sp³-hybridized carbons (Fsp3) is 0.235. The lowest BCUT2D eigenvalue weighted by atomic mass is 10.0. The number of para-hydroxylation sites is 1. The molecule has 124 valence electrons. The third-order valence-corrected chi connectivity index (χ3v) is 8.30. The monoisotopic (exact) mass is 376 g/mol. The van der Waals surface area contributed by atoms with Gasteiger partial charge in [-0.3, -0.25) is 4.31 Å². The summed E-state index contributed by atoms with van der Waals surface area (Å²) >= 11 is 2.85. The van der Waals surface area contributed by atoms with Gasteiger partial charge in [-0.05, 0) is 30.7 Å². The average Bonchev–Trinajstić information content (AvgIpc) is 3.26. The Bertz CT molecular complexity index is 1000. The van der Waals surface area contributed by atoms with Gasteiger partial charge in [-0.15, -0.1) is 22.7 Å². The number of fused-ring (bicyclic) bond motifs is 1. The van der Waals surface area contributed by atoms with Crippen molar-refractivity contribution in [1.82, 2.24) is 4.98 Å². The number of aryl methyl sites for hydroxylation is 1. The summed E-state index contributed by atoms with van der Waals surface area (Å²) in [5.74, 6) is 0.205. The molecule has 0 unspecified atom stereocenters. The topological polar surface area (TPSA) is 50.3 Å². The third-order valence-electron chi connectivity index (χ3n) is 4.17. The number of benzene rings is 1. The fourth-order valence-corrected chi connectivity index (χ4v) is 6.63. The minimum Gasteiger partial charge on any atom is -0.265 e. The van der Waals surface area contributed by atoms with Crippen LogP contribution in [-0.2, 0) is 10.0 Å². The average molecular weight is 377 g/mol. The first-order valence-electron chi connectivity index (χ1n) is 7.61. The SMILES string of the molecule is Cc1nc(-c2ccc(S(=O)(=O)N3C[C@@H](C)c4ccccc43)s2)cs1. The molecule has 3 heterocycles. The second-order valence-electron chi connectivity index (χ2n) is 5.87. The molecule has 2 aromatic heterocycles. The first kappa shape index (κ1) is 15.8. The van der Waals surface area contributed by atoms with Crippen molar-refractivity contribution >= 4 is 38.4 Å². The lowest BCUT2D eigenvalue weighted by Gasteiger charge is -2.18. The van der Waals surface area contributed by atoms with Gasteiger partial charge in [0.1, 0.15) is 4.21 Å². The van der Waals surface area contributed by atoms with Crippen molar-refractivity contribution in [2.75, 3.05) is 10.8 Å². The third kappa shape index (κ3) is 2.47. The molecule has 4 nitrogen and oxygen atoms in total. The quantitative estimate of drug-likeness (QED) is 0.677. The Morgan fingerprint density at radius 2 is 2.00 bits per heavy atom. The van der Waals surface area contributed by atoms with Gasteiger partial charge in [-0.25, -0.2) is 13.4 Å². The molecule has 24 heavy (non-hydrogen) atoms. The maximum Gasteiger partial charge on any atom is 0.273 e. The molecule has 0 N–H and O–H groups in total. The summed E-state index contributed by atoms with van der Waals surface area (Å²) in [6.07, 6.45) is 0. The number of rotatable bonds is 3. The van der Waals surface area contributed by atoms with E-state index >= 15 is 0 Å². The zero-order valence-electron chi connectivity index (χ0n) is 13.3. The summed E-state index contributed by atoms with van der Waals surface area (Å²) in [5.41, 5.74) is 2.73. The second-order valence-corrected chi connectivity index (χ2v) is 10.1. The van der Waals surface area contributed by atoms with Crippen molar-refractivity contribution in [2.45, 2.75) is 24.0 Å². The zero-order valence-corrected chi connectivity index (χ0v) is 15.7. The van der Waals surface area contributed by atoms with Crippen molar-refractivity contribution in [1.29, 1.82) is 0 Å². The molecule has 0 spiro atoms. The Balaban J connectivity index is 1.73. The minimum absolute atomic E-state index is 0.205. The Morgan fingerprint density at radius 3 is 2.75 bits per heavy atom. The van der Waals surface area contributed by atoms with Crippen LogP contribution in [0.25, 0.3) is 10.6 Å². The van der Waals surface area contributed by atoms with E-state index in [-0.39, 0.29) is 5.92 Å². The standard InChI is InChI=1S/C17H16N2O2S3/c1-11-9-19(15-6-4-3-5-13(11)15)24(20,21)17-8-7-16(23-17)14-10-22-12(2)18-14/h3-8,10-11H,9H2,1-2H3/t11-/m1/s1. The van der Waals surface area contributed by atoms with Gasteiger partial charge in [0.05, 0.1) is 21.3 Å². The first-order chi connectivity index (χ1) is 11.5. The molecule has 0 saturated heterocycles. The summed E-state index contributed by atoms with van der Waals surface area (Å²) in [6.45, 7) is 4.50. The molecule has 1 aliphatic heterocycles. The Hall–Kier alpha value is -1.70. The highest BCUT2D eigenvalue weighted by Gasteiger charge is 2.35. The second kappa shape index (κ2) is 5.68. The van der Waals surface area contributed by atoms with Crippen LogP contribution in [0.3, 0.4) is 0 Å². The number of sulfonamides is 1. The van der Waals surface area contributed by atoms with Gasteiger partial charge in [0.15, 0.2) is 0 Å². The molecule has 0 bridgehead atoms. The molecule has 0 amide bonds. The van der Waals surface area contributed by atoms with Crippen LogP contribution in [0.1, 0.15) is 23.4 Å². The van der Waals surface area contributed by atoms with Crippen LogP contribution in [0.15, 0.2) is 46.0 Å². The lowest BCUT2D eigenvalue weighted by molar-refractivity contribution is 0.592. The van der Waals surface area contributed by atoms with Gasteiger partial charge in [-0.2, -0.15) is 0 Å². The molecule has 3 aromatic rings. The van der Waals surface area contributed by atoms with Crippen LogP contribution in [0.4, 0.5) is 5.69 Å². The molecule has 1 aliphatic rings. The largest absolute Gasteiger partial charge is 0.273 e. The smallest absolute Gasteiger partial charge is 0.265 e. The molecule has 0 fully saturated rings. The molecule has 0 saturated carbocycles. The summed E-state index contributed by atoms with van der Waals surface area (Å²) in [4.78, 5) is 5.33. The molecule has 1 atom stereocenters. The molecular formula is C17H16N2O2S3. The summed E-state index contributed by atoms with van der Waals surface area (Å²) in [7, 11) is -3.54. The van der Waals surface area contributed by atoms with Crippen molar-refractivity contribution < 1.29 is 8.42 Å². The minimum atomic E-state index is -3.54. The molecule has 7 heteroatoms. The predicted octanol–water partition coefficient (Wildman–Crippen LogP) is 4.49. The Kier molecular flexibility index (Phi) is 3.74. The first-order valence-corrected chi connectivity index (χ1v) is 10.7. The van der Waals surface area contributed by atoms with Gasteiger partial charge in [0, 0.05) is 17.8 Å². The molecule has 0 aliphatic carbocycles. The fourth-order valence-electron chi connectivity index (χ4n) is 2.99. The number of anilines is 1. The van der Waals surface area contributed by atoms with Crippen LogP contribution < -0.4 is 4.31 Å². The van der Waals surface area contributed by atoms with Crippen LogP contribution >= 0.6 is 22.7 Å². The van der Waals surface area contributed by atoms with Crippen molar-refractivity contribution in [3.63, 3.8) is 0 Å². The van der Waals surface area contributed by atoms with Gasteiger partial charge in [0.25, 0.3) is 10.0 Å². The Labute approximate surface area is 149 Å². The summed E-state index contributed by atoms with van der Waals surface area (Å²) in [5, 5.41) is 2.94. The van der Waals surface area contributed by atoms with Gasteiger partial charge >= 0.3 is 0 Å². The molecule has 1 aromatic carbocycles. The lowest BCUT2D eigenvalue weighted by Crippen LogP contribution is -2.29. The predicted molar refractivity (Wildman–Crippen MR) is 99.6 cm³/mol. The van der Waals surface area contributed by atoms with Gasteiger partial charge < -0.3 is 0 Å². The maximum absolute atomic E-state index is 13.1. The van der Waals surface area contributed by atoms with Gasteiger partial charge in [0.2, 0.25) is 0 Å². The number of hydrogen-bond acceptors (Lipinski definition) is 5. The van der Waals surface area contributed by atoms with E-state index in [1.807, 2.05) is 42.6 Å². The van der Waals surface area contributed by atoms with E-state index in [2.05, 4.69) is 11.9 Å². The molecule has 0 radical (unpaired) electrons. The van der Waals surface area contributed by atoms with Crippen LogP contribution in [0, 0.1) is 6.92 Å². The van der Waals surface area contributed by atoms with Crippen LogP contribution in [0.5, 0.6) is 0 Å². The molecule has 4 rings (SSSR count). The van der Waals surface area contributed by atoms with Crippen molar-refractivity contribution in [2.24, 2.45) is 0 Å². The number of thiophene rings is 1. The summed E-state index contributed by atoms with van der Waals surface area (Å²) in [6, 6.07) is 11.3. The molecular weight excluding hydrogens is 360 g/mol. The van der Waals surface area contributed by atoms with E-state index in [1.54, 1.807) is 17.4 Å². The van der Waals surface area contributed by atoms with E-state index in [9.17, 15) is 8.42 Å². The Morgan fingerprint density at radius 1 is 1.21 bits per heavy atom. The van der Waals surface area contributed by atoms with Crippen molar-refractivity contribution in [3.8, 4) is 10.6 Å². The van der Waals surface area contributed by atoms with E-state index in [4.69, 9.17) is 0 Å². The van der Waals surface area contributed by atoms with Crippen LogP contribution in [0.2, 0.25) is 0 Å². The highest BCUT2D eigenvalue weighted by Crippen LogP contribution is 2.41. The highest BCUT2D eigenvalue weighted by molar-refractivity contribution is 7.94. The maximum atomic E-state index is 13.1. The van der Waals surface area contributed by atoms with E-state index < -0.39 is 10.0 Å². The number of nitrogens with zero attached hydrogens (tertiary/aromatic N) is 2. The number of aromatic nitrogens is 1. The van der Waals surface area contributed by atoms with Crippen LogP contribution in [-0.4, -0.2) is 19.9 Å². The van der Waals surface area contributed by atoms with E-state index in [1.165, 1.54) is 15.6 Å². The van der Waals surface area contributed by atoms with Gasteiger partial charge in [-0.1, -0.05) is 25.1 Å². The van der Waals surface area contributed by atoms with Crippen molar-refractivity contribution in [3.05, 3.63) is 52.3 Å². The van der Waals surface area contributed by atoms with E-state index in [0.29, 0.717) is 10.8 Å². The highest BCUT2D eigenvalue weighted by atomic mass is 32.2. The zero-order chi connectivity index (χ0) is 16.9. The van der Waals surface area contributed by atoms with E-state index in [0.717, 1.165) is 26.8 Å².